The molecule has 182 valence electrons. The Hall–Kier alpha value is -3.45. The van der Waals surface area contributed by atoms with Crippen LogP contribution in [0.5, 0.6) is 0 Å². The summed E-state index contributed by atoms with van der Waals surface area (Å²) in [6, 6.07) is 19.5. The number of benzene rings is 3. The van der Waals surface area contributed by atoms with Gasteiger partial charge in [0.2, 0.25) is 0 Å². The van der Waals surface area contributed by atoms with E-state index >= 15 is 0 Å². The van der Waals surface area contributed by atoms with E-state index in [1.807, 2.05) is 0 Å². The second-order valence-corrected chi connectivity index (χ2v) is 9.04. The zero-order valence-corrected chi connectivity index (χ0v) is 21.3. The molecule has 0 saturated carbocycles. The van der Waals surface area contributed by atoms with Gasteiger partial charge in [-0.2, -0.15) is 5.10 Å². The minimum atomic E-state index is -0.792. The van der Waals surface area contributed by atoms with Crippen molar-refractivity contribution in [2.45, 2.75) is 13.5 Å². The summed E-state index contributed by atoms with van der Waals surface area (Å²) in [6.07, 6.45) is 0. The van der Waals surface area contributed by atoms with Crippen LogP contribution in [0.3, 0.4) is 0 Å². The molecule has 0 aliphatic heterocycles. The Balaban J connectivity index is 1.94. The number of Topliss-reactive ketones (excluding diaryl/α,β-unsaturated/α-hetero) is 1. The Morgan fingerprint density at radius 1 is 0.833 bits per heavy atom. The fourth-order valence-corrected chi connectivity index (χ4v) is 4.30. The molecule has 0 saturated heterocycles. The van der Waals surface area contributed by atoms with Gasteiger partial charge in [-0.1, -0.05) is 71.2 Å². The molecule has 0 aliphatic carbocycles. The summed E-state index contributed by atoms with van der Waals surface area (Å²) in [5.74, 6) is -1.61. The number of ether oxygens (including phenoxy) is 1. The average Bonchev–Trinajstić information content (AvgIpc) is 3.23. The van der Waals surface area contributed by atoms with Gasteiger partial charge in [-0.3, -0.25) is 14.3 Å². The van der Waals surface area contributed by atoms with Crippen molar-refractivity contribution in [2.75, 3.05) is 6.61 Å². The van der Waals surface area contributed by atoms with E-state index in [-0.39, 0.29) is 41.4 Å². The van der Waals surface area contributed by atoms with Gasteiger partial charge in [0.15, 0.2) is 17.3 Å². The third-order valence-electron chi connectivity index (χ3n) is 5.27. The van der Waals surface area contributed by atoms with Crippen LogP contribution in [-0.2, 0) is 11.3 Å². The predicted molar refractivity (Wildman–Crippen MR) is 139 cm³/mol. The van der Waals surface area contributed by atoms with Gasteiger partial charge in [-0.15, -0.1) is 0 Å². The first-order valence-electron chi connectivity index (χ1n) is 10.9. The Bertz CT molecular complexity index is 1480. The smallest absolute Gasteiger partial charge is 0.359 e. The molecule has 6 nitrogen and oxygen atoms in total. The lowest BCUT2D eigenvalue weighted by Gasteiger charge is -2.11. The number of ketones is 2. The van der Waals surface area contributed by atoms with E-state index in [0.717, 1.165) is 0 Å². The Morgan fingerprint density at radius 3 is 2.03 bits per heavy atom. The summed E-state index contributed by atoms with van der Waals surface area (Å²) in [5, 5.41) is 5.54. The van der Waals surface area contributed by atoms with E-state index in [1.165, 1.54) is 16.8 Å². The highest BCUT2D eigenvalue weighted by Crippen LogP contribution is 2.32. The van der Waals surface area contributed by atoms with E-state index in [2.05, 4.69) is 5.10 Å². The highest BCUT2D eigenvalue weighted by Gasteiger charge is 2.31. The molecule has 36 heavy (non-hydrogen) atoms. The zero-order chi connectivity index (χ0) is 25.8. The van der Waals surface area contributed by atoms with Crippen LogP contribution >= 0.6 is 34.8 Å². The summed E-state index contributed by atoms with van der Waals surface area (Å²) in [5.41, 5.74) is 1.12. The fraction of sp³-hybridized carbons (Fsp3) is 0.111. The molecular weight excluding hydrogens is 523 g/mol. The molecule has 1 heterocycles. The summed E-state index contributed by atoms with van der Waals surface area (Å²) in [6.45, 7) is 1.45. The number of aromatic nitrogens is 2. The molecule has 0 spiro atoms. The molecule has 4 aromatic rings. The normalized spacial score (nSPS) is 10.8. The molecule has 0 fully saturated rings. The monoisotopic (exact) mass is 540 g/mol. The molecule has 9 heteroatoms. The van der Waals surface area contributed by atoms with Crippen molar-refractivity contribution in [3.05, 3.63) is 110 Å². The number of halogens is 3. The minimum absolute atomic E-state index is 0.0168. The van der Waals surface area contributed by atoms with Gasteiger partial charge in [0.05, 0.1) is 17.9 Å². The molecule has 0 radical (unpaired) electrons. The lowest BCUT2D eigenvalue weighted by atomic mass is 9.97. The van der Waals surface area contributed by atoms with E-state index in [9.17, 15) is 14.4 Å². The van der Waals surface area contributed by atoms with Crippen LogP contribution in [0.4, 0.5) is 0 Å². The zero-order valence-electron chi connectivity index (χ0n) is 19.0. The largest absolute Gasteiger partial charge is 0.461 e. The van der Waals surface area contributed by atoms with Crippen LogP contribution in [-0.4, -0.2) is 33.9 Å². The van der Waals surface area contributed by atoms with Gasteiger partial charge in [0, 0.05) is 31.8 Å². The SMILES string of the molecule is CCOC(=O)c1nn(CC(=O)c2cccc(Cl)c2)c(-c2cccc(Cl)c2)c1C(=O)c1cccc(Cl)c1. The highest BCUT2D eigenvalue weighted by molar-refractivity contribution is 6.32. The van der Waals surface area contributed by atoms with Crippen molar-refractivity contribution in [1.29, 1.82) is 0 Å². The van der Waals surface area contributed by atoms with Crippen molar-refractivity contribution in [3.8, 4) is 11.3 Å². The number of rotatable bonds is 8. The molecule has 0 N–H and O–H groups in total. The molecule has 1 aromatic heterocycles. The van der Waals surface area contributed by atoms with Crippen molar-refractivity contribution in [1.82, 2.24) is 9.78 Å². The quantitative estimate of drug-likeness (QED) is 0.181. The fourth-order valence-electron chi connectivity index (χ4n) is 3.73. The first-order chi connectivity index (χ1) is 17.3. The first kappa shape index (κ1) is 25.6. The molecule has 3 aromatic carbocycles. The van der Waals surface area contributed by atoms with Crippen molar-refractivity contribution < 1.29 is 19.1 Å². The molecular formula is C27H19Cl3N2O4. The van der Waals surface area contributed by atoms with Gasteiger partial charge >= 0.3 is 5.97 Å². The summed E-state index contributed by atoms with van der Waals surface area (Å²) >= 11 is 18.4. The lowest BCUT2D eigenvalue weighted by molar-refractivity contribution is 0.0515. The topological polar surface area (TPSA) is 78.3 Å². The van der Waals surface area contributed by atoms with Gasteiger partial charge in [-0.05, 0) is 43.3 Å². The maximum Gasteiger partial charge on any atom is 0.359 e. The van der Waals surface area contributed by atoms with Gasteiger partial charge in [0.1, 0.15) is 6.54 Å². The molecule has 0 aliphatic rings. The molecule has 4 rings (SSSR count). The minimum Gasteiger partial charge on any atom is -0.461 e. The summed E-state index contributed by atoms with van der Waals surface area (Å²) in [4.78, 5) is 39.8. The number of esters is 1. The lowest BCUT2D eigenvalue weighted by Crippen LogP contribution is -2.14. The van der Waals surface area contributed by atoms with Crippen LogP contribution in [0.25, 0.3) is 11.3 Å². The maximum absolute atomic E-state index is 13.8. The molecule has 0 bridgehead atoms. The predicted octanol–water partition coefficient (Wildman–Crippen LogP) is 6.80. The van der Waals surface area contributed by atoms with Crippen molar-refractivity contribution >= 4 is 52.3 Å². The van der Waals surface area contributed by atoms with Gasteiger partial charge in [0.25, 0.3) is 0 Å². The Morgan fingerprint density at radius 2 is 1.42 bits per heavy atom. The molecule has 0 amide bonds. The number of hydrogen-bond acceptors (Lipinski definition) is 5. The Labute approximate surface area is 222 Å². The van der Waals surface area contributed by atoms with Crippen LogP contribution in [0.1, 0.15) is 43.7 Å². The second kappa shape index (κ2) is 11.1. The van der Waals surface area contributed by atoms with E-state index in [1.54, 1.807) is 67.6 Å². The van der Waals surface area contributed by atoms with Crippen LogP contribution in [0, 0.1) is 0 Å². The Kier molecular flexibility index (Phi) is 7.89. The third-order valence-corrected chi connectivity index (χ3v) is 5.98. The number of carbonyl (C=O) groups excluding carboxylic acids is 3. The summed E-state index contributed by atoms with van der Waals surface area (Å²) in [7, 11) is 0. The molecule has 0 atom stereocenters. The average molecular weight is 542 g/mol. The van der Waals surface area contributed by atoms with Crippen LogP contribution < -0.4 is 0 Å². The third kappa shape index (κ3) is 5.51. The van der Waals surface area contributed by atoms with Crippen molar-refractivity contribution in [3.63, 3.8) is 0 Å². The number of hydrogen-bond donors (Lipinski definition) is 0. The van der Waals surface area contributed by atoms with E-state index in [0.29, 0.717) is 26.2 Å². The standard InChI is InChI=1S/C27H19Cl3N2O4/c1-2-36-27(35)24-23(26(34)18-8-5-11-21(30)14-18)25(17-7-4-10-20(29)13-17)32(31-24)15-22(33)16-6-3-9-19(28)12-16/h3-14H,2,15H2,1H3. The number of nitrogens with zero attached hydrogens (tertiary/aromatic N) is 2. The van der Waals surface area contributed by atoms with Gasteiger partial charge in [-0.25, -0.2) is 4.79 Å². The second-order valence-electron chi connectivity index (χ2n) is 7.73. The highest BCUT2D eigenvalue weighted by atomic mass is 35.5. The van der Waals surface area contributed by atoms with Crippen LogP contribution in [0.15, 0.2) is 72.8 Å². The van der Waals surface area contributed by atoms with Crippen LogP contribution in [0.2, 0.25) is 15.1 Å². The number of carbonyl (C=O) groups is 3. The van der Waals surface area contributed by atoms with E-state index < -0.39 is 11.8 Å². The first-order valence-corrected chi connectivity index (χ1v) is 12.0. The van der Waals surface area contributed by atoms with Gasteiger partial charge < -0.3 is 4.74 Å². The molecule has 0 unspecified atom stereocenters. The maximum atomic E-state index is 13.8. The van der Waals surface area contributed by atoms with Crippen molar-refractivity contribution in [2.24, 2.45) is 0 Å². The van der Waals surface area contributed by atoms with E-state index in [4.69, 9.17) is 39.5 Å². The summed E-state index contributed by atoms with van der Waals surface area (Å²) < 4.78 is 6.51.